The van der Waals surface area contributed by atoms with Crippen molar-refractivity contribution in [2.75, 3.05) is 6.54 Å². The fraction of sp³-hybridized carbons (Fsp3) is 0.909. The highest BCUT2D eigenvalue weighted by molar-refractivity contribution is 5.80. The molecule has 0 aliphatic heterocycles. The van der Waals surface area contributed by atoms with Crippen LogP contribution in [0.3, 0.4) is 0 Å². The van der Waals surface area contributed by atoms with Crippen molar-refractivity contribution < 1.29 is 0 Å². The Morgan fingerprint density at radius 2 is 2.00 bits per heavy atom. The molecule has 0 bridgehead atoms. The Kier molecular flexibility index (Phi) is 4.39. The molecule has 1 fully saturated rings. The van der Waals surface area contributed by atoms with Gasteiger partial charge in [0.2, 0.25) is 5.96 Å². The van der Waals surface area contributed by atoms with Crippen LogP contribution < -0.4 is 11.3 Å². The van der Waals surface area contributed by atoms with E-state index in [2.05, 4.69) is 43.0 Å². The first-order chi connectivity index (χ1) is 7.04. The quantitative estimate of drug-likeness (QED) is 0.320. The Morgan fingerprint density at radius 3 is 2.33 bits per heavy atom. The minimum absolute atomic E-state index is 0.431. The number of hydrogen-bond acceptors (Lipinski definition) is 2. The van der Waals surface area contributed by atoms with Crippen LogP contribution in [0, 0.1) is 5.92 Å². The van der Waals surface area contributed by atoms with Crippen molar-refractivity contribution in [3.05, 3.63) is 0 Å². The number of hydrazine groups is 1. The maximum Gasteiger partial charge on any atom is 0.208 e. The van der Waals surface area contributed by atoms with E-state index in [0.717, 1.165) is 12.5 Å². The molecule has 0 radical (unpaired) electrons. The summed E-state index contributed by atoms with van der Waals surface area (Å²) in [5, 5.41) is 0. The Hall–Kier alpha value is -0.770. The first-order valence-corrected chi connectivity index (χ1v) is 5.85. The molecule has 4 nitrogen and oxygen atoms in total. The summed E-state index contributed by atoms with van der Waals surface area (Å²) in [6.45, 7) is 9.75. The van der Waals surface area contributed by atoms with E-state index in [1.807, 2.05) is 0 Å². The largest absolute Gasteiger partial charge is 0.339 e. The topological polar surface area (TPSA) is 53.6 Å². The molecule has 0 atom stereocenters. The van der Waals surface area contributed by atoms with Gasteiger partial charge in [0.1, 0.15) is 0 Å². The summed E-state index contributed by atoms with van der Waals surface area (Å²) in [5.41, 5.74) is 2.74. The summed E-state index contributed by atoms with van der Waals surface area (Å²) >= 11 is 0. The van der Waals surface area contributed by atoms with Crippen molar-refractivity contribution in [2.45, 2.75) is 52.6 Å². The van der Waals surface area contributed by atoms with E-state index in [0.29, 0.717) is 18.0 Å². The normalized spacial score (nSPS) is 17.4. The van der Waals surface area contributed by atoms with Gasteiger partial charge in [0.15, 0.2) is 0 Å². The van der Waals surface area contributed by atoms with E-state index in [-0.39, 0.29) is 0 Å². The van der Waals surface area contributed by atoms with Gasteiger partial charge in [0.05, 0.1) is 6.04 Å². The van der Waals surface area contributed by atoms with Crippen LogP contribution in [0.25, 0.3) is 0 Å². The van der Waals surface area contributed by atoms with Crippen LogP contribution in [0.2, 0.25) is 0 Å². The first-order valence-electron chi connectivity index (χ1n) is 5.85. The van der Waals surface area contributed by atoms with Crippen molar-refractivity contribution >= 4 is 5.96 Å². The van der Waals surface area contributed by atoms with Crippen LogP contribution in [0.15, 0.2) is 4.99 Å². The molecule has 0 unspecified atom stereocenters. The number of nitrogens with zero attached hydrogens (tertiary/aromatic N) is 2. The lowest BCUT2D eigenvalue weighted by atomic mass is 10.2. The zero-order chi connectivity index (χ0) is 11.4. The number of aliphatic imine (C=N–C) groups is 1. The first kappa shape index (κ1) is 12.3. The summed E-state index contributed by atoms with van der Waals surface area (Å²) in [6, 6.07) is 0.936. The van der Waals surface area contributed by atoms with Gasteiger partial charge in [-0.05, 0) is 32.6 Å². The molecule has 3 N–H and O–H groups in total. The third kappa shape index (κ3) is 4.08. The summed E-state index contributed by atoms with van der Waals surface area (Å²) < 4.78 is 0. The van der Waals surface area contributed by atoms with Crippen molar-refractivity contribution in [3.8, 4) is 0 Å². The monoisotopic (exact) mass is 212 g/mol. The van der Waals surface area contributed by atoms with Crippen LogP contribution in [0.5, 0.6) is 0 Å². The molecule has 1 aliphatic rings. The standard InChI is InChI=1S/C11H24N4/c1-8(2)7-15(9(3)4)11(14-12)13-10-5-6-10/h8-10H,5-7,12H2,1-4H3,(H,13,14). The molecule has 15 heavy (non-hydrogen) atoms. The minimum Gasteiger partial charge on any atom is -0.339 e. The molecule has 0 amide bonds. The second-order valence-corrected chi connectivity index (χ2v) is 4.97. The highest BCUT2D eigenvalue weighted by atomic mass is 15.4. The Labute approximate surface area is 92.9 Å². The second kappa shape index (κ2) is 5.35. The SMILES string of the molecule is CC(C)CN(C(=NC1CC1)NN)C(C)C. The maximum atomic E-state index is 5.54. The molecule has 1 rings (SSSR count). The summed E-state index contributed by atoms with van der Waals surface area (Å²) in [7, 11) is 0. The van der Waals surface area contributed by atoms with Crippen LogP contribution in [0.4, 0.5) is 0 Å². The van der Waals surface area contributed by atoms with Crippen molar-refractivity contribution in [1.29, 1.82) is 0 Å². The van der Waals surface area contributed by atoms with Crippen LogP contribution >= 0.6 is 0 Å². The summed E-state index contributed by atoms with van der Waals surface area (Å²) in [4.78, 5) is 6.83. The fourth-order valence-corrected chi connectivity index (χ4v) is 1.51. The lowest BCUT2D eigenvalue weighted by Crippen LogP contribution is -2.49. The summed E-state index contributed by atoms with van der Waals surface area (Å²) in [5.74, 6) is 7.01. The molecule has 0 spiro atoms. The van der Waals surface area contributed by atoms with E-state index in [9.17, 15) is 0 Å². The average Bonchev–Trinajstić information content (AvgIpc) is 2.93. The molecule has 0 aromatic carbocycles. The van der Waals surface area contributed by atoms with Gasteiger partial charge < -0.3 is 4.90 Å². The smallest absolute Gasteiger partial charge is 0.208 e. The highest BCUT2D eigenvalue weighted by Crippen LogP contribution is 2.24. The van der Waals surface area contributed by atoms with Gasteiger partial charge in [-0.25, -0.2) is 10.8 Å². The van der Waals surface area contributed by atoms with Crippen LogP contribution in [-0.4, -0.2) is 29.5 Å². The average molecular weight is 212 g/mol. The molecule has 0 aromatic rings. The zero-order valence-electron chi connectivity index (χ0n) is 10.3. The van der Waals surface area contributed by atoms with Crippen LogP contribution in [0.1, 0.15) is 40.5 Å². The van der Waals surface area contributed by atoms with Crippen LogP contribution in [-0.2, 0) is 0 Å². The summed E-state index contributed by atoms with van der Waals surface area (Å²) in [6.07, 6.45) is 2.41. The number of nitrogens with one attached hydrogen (secondary N) is 1. The fourth-order valence-electron chi connectivity index (χ4n) is 1.51. The zero-order valence-corrected chi connectivity index (χ0v) is 10.3. The van der Waals surface area contributed by atoms with Gasteiger partial charge in [-0.15, -0.1) is 0 Å². The maximum absolute atomic E-state index is 5.54. The lowest BCUT2D eigenvalue weighted by Gasteiger charge is -2.31. The minimum atomic E-state index is 0.431. The number of rotatable bonds is 4. The second-order valence-electron chi connectivity index (χ2n) is 4.97. The predicted octanol–water partition coefficient (Wildman–Crippen LogP) is 1.33. The molecule has 4 heteroatoms. The third-order valence-corrected chi connectivity index (χ3v) is 2.44. The molecule has 88 valence electrons. The Balaban J connectivity index is 2.65. The van der Waals surface area contributed by atoms with E-state index >= 15 is 0 Å². The van der Waals surface area contributed by atoms with E-state index < -0.39 is 0 Å². The number of nitrogens with two attached hydrogens (primary N) is 1. The van der Waals surface area contributed by atoms with Crippen molar-refractivity contribution in [1.82, 2.24) is 10.3 Å². The van der Waals surface area contributed by atoms with E-state index in [1.165, 1.54) is 12.8 Å². The van der Waals surface area contributed by atoms with Gasteiger partial charge in [0.25, 0.3) is 0 Å². The molecular formula is C11H24N4. The van der Waals surface area contributed by atoms with Gasteiger partial charge >= 0.3 is 0 Å². The van der Waals surface area contributed by atoms with Gasteiger partial charge in [0, 0.05) is 12.6 Å². The highest BCUT2D eigenvalue weighted by Gasteiger charge is 2.23. The predicted molar refractivity (Wildman–Crippen MR) is 64.5 cm³/mol. The molecule has 0 saturated heterocycles. The van der Waals surface area contributed by atoms with Gasteiger partial charge in [-0.1, -0.05) is 13.8 Å². The van der Waals surface area contributed by atoms with E-state index in [1.54, 1.807) is 0 Å². The van der Waals surface area contributed by atoms with E-state index in [4.69, 9.17) is 5.84 Å². The van der Waals surface area contributed by atoms with Crippen molar-refractivity contribution in [3.63, 3.8) is 0 Å². The lowest BCUT2D eigenvalue weighted by molar-refractivity contribution is 0.300. The third-order valence-electron chi connectivity index (χ3n) is 2.44. The molecule has 0 heterocycles. The Morgan fingerprint density at radius 1 is 1.40 bits per heavy atom. The Bertz CT molecular complexity index is 219. The van der Waals surface area contributed by atoms with Crippen molar-refractivity contribution in [2.24, 2.45) is 16.8 Å². The van der Waals surface area contributed by atoms with Gasteiger partial charge in [-0.2, -0.15) is 0 Å². The molecular weight excluding hydrogens is 188 g/mol. The number of guanidine groups is 1. The van der Waals surface area contributed by atoms with Gasteiger partial charge in [-0.3, -0.25) is 5.43 Å². The number of hydrogen-bond donors (Lipinski definition) is 2. The molecule has 1 saturated carbocycles. The molecule has 0 aromatic heterocycles. The molecule has 1 aliphatic carbocycles.